The Bertz CT molecular complexity index is 324. The minimum absolute atomic E-state index is 0.828. The van der Waals surface area contributed by atoms with Crippen LogP contribution in [0.4, 0.5) is 0 Å². The van der Waals surface area contributed by atoms with E-state index in [1.54, 1.807) is 0 Å². The van der Waals surface area contributed by atoms with Gasteiger partial charge in [0, 0.05) is 0 Å². The van der Waals surface area contributed by atoms with Gasteiger partial charge in [0.1, 0.15) is 0 Å². The fourth-order valence-electron chi connectivity index (χ4n) is 4.89. The van der Waals surface area contributed by atoms with Crippen LogP contribution in [0.25, 0.3) is 0 Å². The molecule has 0 saturated heterocycles. The standard InChI is InChI=1S/C23H40/c1-3-5-6-9-21-16-18-23(19-17-21)11-8-7-10-22-14-12-20(4-2)13-15-22/h3-5,20-23H,2,6-19H2,1H3/b5-3+. The van der Waals surface area contributed by atoms with Gasteiger partial charge in [0.05, 0.1) is 0 Å². The van der Waals surface area contributed by atoms with Crippen LogP contribution in [0.2, 0.25) is 0 Å². The molecule has 0 bridgehead atoms. The van der Waals surface area contributed by atoms with E-state index in [1.165, 1.54) is 89.9 Å². The van der Waals surface area contributed by atoms with E-state index in [0.29, 0.717) is 0 Å². The lowest BCUT2D eigenvalue weighted by Crippen LogP contribution is -2.15. The largest absolute Gasteiger partial charge is 0.103 e. The van der Waals surface area contributed by atoms with E-state index >= 15 is 0 Å². The lowest BCUT2D eigenvalue weighted by molar-refractivity contribution is 0.243. The van der Waals surface area contributed by atoms with Crippen molar-refractivity contribution in [2.75, 3.05) is 0 Å². The molecule has 23 heavy (non-hydrogen) atoms. The quantitative estimate of drug-likeness (QED) is 0.302. The Morgan fingerprint density at radius 1 is 0.739 bits per heavy atom. The highest BCUT2D eigenvalue weighted by Gasteiger charge is 2.21. The maximum absolute atomic E-state index is 3.96. The maximum atomic E-state index is 3.96. The van der Waals surface area contributed by atoms with Crippen molar-refractivity contribution in [2.45, 2.75) is 96.8 Å². The van der Waals surface area contributed by atoms with Crippen molar-refractivity contribution >= 4 is 0 Å². The predicted octanol–water partition coefficient (Wildman–Crippen LogP) is 7.70. The zero-order chi connectivity index (χ0) is 16.3. The molecule has 0 heteroatoms. The molecular weight excluding hydrogens is 276 g/mol. The van der Waals surface area contributed by atoms with Gasteiger partial charge in [0.2, 0.25) is 0 Å². The maximum Gasteiger partial charge on any atom is -0.0236 e. The minimum Gasteiger partial charge on any atom is -0.103 e. The van der Waals surface area contributed by atoms with Gasteiger partial charge in [0.15, 0.2) is 0 Å². The molecule has 0 amide bonds. The number of hydrogen-bond donors (Lipinski definition) is 0. The van der Waals surface area contributed by atoms with Crippen LogP contribution < -0.4 is 0 Å². The molecule has 0 radical (unpaired) electrons. The monoisotopic (exact) mass is 316 g/mol. The molecule has 0 atom stereocenters. The third-order valence-electron chi connectivity index (χ3n) is 6.64. The van der Waals surface area contributed by atoms with E-state index in [9.17, 15) is 0 Å². The fraction of sp³-hybridized carbons (Fsp3) is 0.826. The average Bonchev–Trinajstić information content (AvgIpc) is 2.61. The second-order valence-corrected chi connectivity index (χ2v) is 8.33. The molecule has 0 aromatic heterocycles. The van der Waals surface area contributed by atoms with Crippen molar-refractivity contribution < 1.29 is 0 Å². The minimum atomic E-state index is 0.828. The Hall–Kier alpha value is -0.520. The van der Waals surface area contributed by atoms with Crippen LogP contribution in [0.15, 0.2) is 24.8 Å². The number of rotatable bonds is 9. The highest BCUT2D eigenvalue weighted by atomic mass is 14.3. The van der Waals surface area contributed by atoms with Gasteiger partial charge in [0.25, 0.3) is 0 Å². The molecule has 2 aliphatic rings. The Morgan fingerprint density at radius 2 is 1.22 bits per heavy atom. The Balaban J connectivity index is 1.47. The van der Waals surface area contributed by atoms with Crippen molar-refractivity contribution in [2.24, 2.45) is 23.7 Å². The third-order valence-corrected chi connectivity index (χ3v) is 6.64. The molecule has 0 aliphatic heterocycles. The molecule has 2 fully saturated rings. The summed E-state index contributed by atoms with van der Waals surface area (Å²) in [6.45, 7) is 6.10. The molecule has 0 nitrogen and oxygen atoms in total. The summed E-state index contributed by atoms with van der Waals surface area (Å²) in [6, 6.07) is 0. The summed E-state index contributed by atoms with van der Waals surface area (Å²) < 4.78 is 0. The molecule has 0 aromatic carbocycles. The van der Waals surface area contributed by atoms with E-state index in [0.717, 1.165) is 23.7 Å². The number of allylic oxidation sites excluding steroid dienone is 3. The van der Waals surface area contributed by atoms with Crippen LogP contribution in [0, 0.1) is 23.7 Å². The van der Waals surface area contributed by atoms with Crippen LogP contribution >= 0.6 is 0 Å². The molecule has 132 valence electrons. The summed E-state index contributed by atoms with van der Waals surface area (Å²) >= 11 is 0. The second-order valence-electron chi connectivity index (χ2n) is 8.33. The van der Waals surface area contributed by atoms with Gasteiger partial charge >= 0.3 is 0 Å². The zero-order valence-electron chi connectivity index (χ0n) is 15.6. The molecule has 0 aromatic rings. The average molecular weight is 317 g/mol. The van der Waals surface area contributed by atoms with Crippen molar-refractivity contribution in [1.82, 2.24) is 0 Å². The molecule has 0 N–H and O–H groups in total. The highest BCUT2D eigenvalue weighted by Crippen LogP contribution is 2.35. The first-order valence-corrected chi connectivity index (χ1v) is 10.6. The van der Waals surface area contributed by atoms with Crippen molar-refractivity contribution in [3.63, 3.8) is 0 Å². The molecule has 2 aliphatic carbocycles. The third kappa shape index (κ3) is 7.27. The molecule has 2 rings (SSSR count). The molecule has 2 saturated carbocycles. The molecular formula is C23H40. The van der Waals surface area contributed by atoms with E-state index in [2.05, 4.69) is 31.7 Å². The van der Waals surface area contributed by atoms with E-state index in [4.69, 9.17) is 0 Å². The van der Waals surface area contributed by atoms with Crippen molar-refractivity contribution in [1.29, 1.82) is 0 Å². The summed E-state index contributed by atoms with van der Waals surface area (Å²) in [5, 5.41) is 0. The number of unbranched alkanes of at least 4 members (excludes halogenated alkanes) is 1. The predicted molar refractivity (Wildman–Crippen MR) is 104 cm³/mol. The van der Waals surface area contributed by atoms with Crippen LogP contribution in [0.3, 0.4) is 0 Å². The van der Waals surface area contributed by atoms with Crippen molar-refractivity contribution in [3.8, 4) is 0 Å². The van der Waals surface area contributed by atoms with E-state index in [1.807, 2.05) is 0 Å². The highest BCUT2D eigenvalue weighted by molar-refractivity contribution is 4.84. The normalized spacial score (nSPS) is 32.2. The molecule has 0 unspecified atom stereocenters. The summed E-state index contributed by atoms with van der Waals surface area (Å²) in [5.41, 5.74) is 0. The molecule has 0 heterocycles. The van der Waals surface area contributed by atoms with Gasteiger partial charge in [-0.05, 0) is 69.1 Å². The lowest BCUT2D eigenvalue weighted by Gasteiger charge is -2.29. The Labute approximate surface area is 145 Å². The van der Waals surface area contributed by atoms with Crippen LogP contribution in [-0.2, 0) is 0 Å². The first kappa shape index (κ1) is 18.8. The smallest absolute Gasteiger partial charge is 0.0236 e. The van der Waals surface area contributed by atoms with E-state index < -0.39 is 0 Å². The van der Waals surface area contributed by atoms with Gasteiger partial charge in [-0.2, -0.15) is 0 Å². The van der Waals surface area contributed by atoms with E-state index in [-0.39, 0.29) is 0 Å². The van der Waals surface area contributed by atoms with Crippen molar-refractivity contribution in [3.05, 3.63) is 24.8 Å². The summed E-state index contributed by atoms with van der Waals surface area (Å²) in [5.74, 6) is 3.95. The van der Waals surface area contributed by atoms with Gasteiger partial charge < -0.3 is 0 Å². The SMILES string of the molecule is C=CC1CCC(CCCCC2CCC(CC/C=C/C)CC2)CC1. The lowest BCUT2D eigenvalue weighted by atomic mass is 9.77. The van der Waals surface area contributed by atoms with Crippen LogP contribution in [0.5, 0.6) is 0 Å². The Kier molecular flexibility index (Phi) is 9.09. The van der Waals surface area contributed by atoms with Crippen LogP contribution in [-0.4, -0.2) is 0 Å². The van der Waals surface area contributed by atoms with Gasteiger partial charge in [-0.3, -0.25) is 0 Å². The van der Waals surface area contributed by atoms with Crippen LogP contribution in [0.1, 0.15) is 96.8 Å². The summed E-state index contributed by atoms with van der Waals surface area (Å²) in [7, 11) is 0. The fourth-order valence-corrected chi connectivity index (χ4v) is 4.89. The van der Waals surface area contributed by atoms with Gasteiger partial charge in [-0.1, -0.05) is 69.6 Å². The Morgan fingerprint density at radius 3 is 1.70 bits per heavy atom. The summed E-state index contributed by atoms with van der Waals surface area (Å²) in [4.78, 5) is 0. The topological polar surface area (TPSA) is 0 Å². The first-order valence-electron chi connectivity index (χ1n) is 10.6. The second kappa shape index (κ2) is 11.1. The first-order chi connectivity index (χ1) is 11.3. The zero-order valence-corrected chi connectivity index (χ0v) is 15.6. The van der Waals surface area contributed by atoms with Gasteiger partial charge in [-0.25, -0.2) is 0 Å². The molecule has 0 spiro atoms. The summed E-state index contributed by atoms with van der Waals surface area (Å²) in [6.07, 6.45) is 27.3. The number of hydrogen-bond acceptors (Lipinski definition) is 0. The van der Waals surface area contributed by atoms with Gasteiger partial charge in [-0.15, -0.1) is 6.58 Å².